The molecule has 206 valence electrons. The number of nitrogens with two attached hydrogens (primary N) is 4. The van der Waals surface area contributed by atoms with Crippen LogP contribution in [-0.4, -0.2) is 88.8 Å². The number of guanidine groups is 1. The smallest absolute Gasteiger partial charge is 0.327 e. The molecule has 0 heterocycles. The van der Waals surface area contributed by atoms with Gasteiger partial charge in [0, 0.05) is 18.7 Å². The summed E-state index contributed by atoms with van der Waals surface area (Å²) in [5, 5.41) is 25.3. The third-order valence-electron chi connectivity index (χ3n) is 4.96. The number of aliphatic imine (C=N–C) groups is 1. The Hall–Kier alpha value is -3.11. The van der Waals surface area contributed by atoms with Crippen LogP contribution in [0.5, 0.6) is 0 Å². The molecule has 4 atom stereocenters. The second-order valence-corrected chi connectivity index (χ2v) is 8.34. The summed E-state index contributed by atoms with van der Waals surface area (Å²) < 4.78 is 0. The van der Waals surface area contributed by atoms with Crippen LogP contribution in [0.25, 0.3) is 0 Å². The van der Waals surface area contributed by atoms with Gasteiger partial charge in [0.15, 0.2) is 5.96 Å². The van der Waals surface area contributed by atoms with Crippen LogP contribution < -0.4 is 38.9 Å². The summed E-state index contributed by atoms with van der Waals surface area (Å²) >= 11 is 3.86. The van der Waals surface area contributed by atoms with Gasteiger partial charge in [-0.25, -0.2) is 4.79 Å². The van der Waals surface area contributed by atoms with E-state index >= 15 is 0 Å². The zero-order valence-corrected chi connectivity index (χ0v) is 20.9. The summed E-state index contributed by atoms with van der Waals surface area (Å²) in [6, 6.07) is -4.78. The van der Waals surface area contributed by atoms with E-state index in [-0.39, 0.29) is 37.5 Å². The van der Waals surface area contributed by atoms with Crippen molar-refractivity contribution in [1.82, 2.24) is 16.0 Å². The first kappa shape index (κ1) is 32.9. The molecule has 0 aliphatic heterocycles. The molecule has 16 heteroatoms. The molecule has 0 aromatic heterocycles. The van der Waals surface area contributed by atoms with Crippen LogP contribution in [0.3, 0.4) is 0 Å². The summed E-state index contributed by atoms with van der Waals surface area (Å²) in [7, 11) is 0. The highest BCUT2D eigenvalue weighted by atomic mass is 32.1. The van der Waals surface area contributed by atoms with Gasteiger partial charge in [-0.15, -0.1) is 0 Å². The number of nitrogens with one attached hydrogen (secondary N) is 3. The van der Waals surface area contributed by atoms with E-state index in [1.54, 1.807) is 0 Å². The molecule has 0 aliphatic rings. The molecule has 0 saturated heterocycles. The second-order valence-electron chi connectivity index (χ2n) is 7.98. The first-order valence-corrected chi connectivity index (χ1v) is 12.0. The van der Waals surface area contributed by atoms with Gasteiger partial charge in [0.1, 0.15) is 18.1 Å². The minimum Gasteiger partial charge on any atom is -0.481 e. The predicted molar refractivity (Wildman–Crippen MR) is 135 cm³/mol. The van der Waals surface area contributed by atoms with Gasteiger partial charge in [0.25, 0.3) is 0 Å². The third-order valence-corrected chi connectivity index (χ3v) is 5.33. The van der Waals surface area contributed by atoms with Gasteiger partial charge < -0.3 is 49.1 Å². The lowest BCUT2D eigenvalue weighted by atomic mass is 10.1. The molecule has 0 saturated carbocycles. The molecule has 4 unspecified atom stereocenters. The lowest BCUT2D eigenvalue weighted by molar-refractivity contribution is -0.142. The van der Waals surface area contributed by atoms with Crippen molar-refractivity contribution in [1.29, 1.82) is 0 Å². The Morgan fingerprint density at radius 2 is 1.36 bits per heavy atom. The van der Waals surface area contributed by atoms with Gasteiger partial charge in [-0.3, -0.25) is 24.2 Å². The van der Waals surface area contributed by atoms with Crippen molar-refractivity contribution in [3.05, 3.63) is 0 Å². The number of carboxylic acid groups (broad SMARTS) is 2. The SMILES string of the molecule is NCCCCC(N)C(=O)NC(CCCN=C(N)N)C(=O)NC(CCC(=O)O)C(=O)NC(CS)C(=O)O. The number of aliphatic carboxylic acids is 2. The van der Waals surface area contributed by atoms with Crippen LogP contribution in [0.15, 0.2) is 4.99 Å². The Bertz CT molecular complexity index is 779. The number of carboxylic acids is 2. The summed E-state index contributed by atoms with van der Waals surface area (Å²) in [5.41, 5.74) is 21.9. The largest absolute Gasteiger partial charge is 0.481 e. The Morgan fingerprint density at radius 1 is 0.806 bits per heavy atom. The molecule has 0 aromatic carbocycles. The first-order chi connectivity index (χ1) is 16.9. The van der Waals surface area contributed by atoms with Crippen LogP contribution in [0.4, 0.5) is 0 Å². The monoisotopic (exact) mass is 534 g/mol. The van der Waals surface area contributed by atoms with E-state index in [2.05, 4.69) is 33.6 Å². The maximum Gasteiger partial charge on any atom is 0.327 e. The van der Waals surface area contributed by atoms with Crippen LogP contribution in [0, 0.1) is 0 Å². The Morgan fingerprint density at radius 3 is 1.86 bits per heavy atom. The van der Waals surface area contributed by atoms with Crippen molar-refractivity contribution in [2.75, 3.05) is 18.8 Å². The van der Waals surface area contributed by atoms with Crippen molar-refractivity contribution in [2.45, 2.75) is 69.1 Å². The van der Waals surface area contributed by atoms with E-state index in [0.717, 1.165) is 0 Å². The molecule has 0 rings (SSSR count). The van der Waals surface area contributed by atoms with E-state index in [1.165, 1.54) is 0 Å². The minimum atomic E-state index is -1.38. The quantitative estimate of drug-likeness (QED) is 0.0341. The van der Waals surface area contributed by atoms with Crippen LogP contribution in [-0.2, 0) is 24.0 Å². The van der Waals surface area contributed by atoms with Crippen LogP contribution in [0.2, 0.25) is 0 Å². The Labute approximate surface area is 214 Å². The van der Waals surface area contributed by atoms with Gasteiger partial charge in [0.2, 0.25) is 17.7 Å². The third kappa shape index (κ3) is 14.3. The standard InChI is InChI=1S/C20H38N8O7S/c21-8-2-1-4-11(22)16(31)26-12(5-3-9-25-20(23)24)17(32)27-13(6-7-15(29)30)18(33)28-14(10-36)19(34)35/h11-14,36H,1-10,21-22H2,(H,26,31)(H,27,32)(H,28,33)(H,29,30)(H,34,35)(H4,23,24,25). The highest BCUT2D eigenvalue weighted by Gasteiger charge is 2.30. The highest BCUT2D eigenvalue weighted by Crippen LogP contribution is 2.06. The number of amides is 3. The summed E-state index contributed by atoms with van der Waals surface area (Å²) in [4.78, 5) is 64.2. The molecule has 3 amide bonds. The van der Waals surface area contributed by atoms with Gasteiger partial charge in [-0.05, 0) is 38.6 Å². The topological polar surface area (TPSA) is 278 Å². The van der Waals surface area contributed by atoms with E-state index in [1.807, 2.05) is 0 Å². The number of hydrogen-bond donors (Lipinski definition) is 10. The van der Waals surface area contributed by atoms with Crippen molar-refractivity contribution in [3.8, 4) is 0 Å². The molecule has 0 spiro atoms. The Balaban J connectivity index is 5.54. The van der Waals surface area contributed by atoms with Crippen LogP contribution >= 0.6 is 12.6 Å². The van der Waals surface area contributed by atoms with Crippen molar-refractivity contribution >= 4 is 48.2 Å². The fourth-order valence-corrected chi connectivity index (χ4v) is 3.21. The number of rotatable bonds is 19. The maximum absolute atomic E-state index is 13.0. The summed E-state index contributed by atoms with van der Waals surface area (Å²) in [5.74, 6) is -5.25. The number of hydrogen-bond acceptors (Lipinski definition) is 9. The van der Waals surface area contributed by atoms with Gasteiger partial charge in [0.05, 0.1) is 6.04 Å². The molecular weight excluding hydrogens is 496 g/mol. The minimum absolute atomic E-state index is 0.0749. The number of nitrogens with zero attached hydrogens (tertiary/aromatic N) is 1. The van der Waals surface area contributed by atoms with Gasteiger partial charge in [-0.1, -0.05) is 6.42 Å². The van der Waals surface area contributed by atoms with E-state index < -0.39 is 60.2 Å². The summed E-state index contributed by atoms with van der Waals surface area (Å²) in [6.45, 7) is 0.607. The van der Waals surface area contributed by atoms with E-state index in [9.17, 15) is 24.0 Å². The number of unbranched alkanes of at least 4 members (excludes halogenated alkanes) is 1. The number of thiol groups is 1. The first-order valence-electron chi connectivity index (χ1n) is 11.4. The predicted octanol–water partition coefficient (Wildman–Crippen LogP) is -3.17. The fourth-order valence-electron chi connectivity index (χ4n) is 2.96. The zero-order chi connectivity index (χ0) is 27.7. The fraction of sp³-hybridized carbons (Fsp3) is 0.700. The average molecular weight is 535 g/mol. The van der Waals surface area contributed by atoms with Crippen molar-refractivity contribution < 1.29 is 34.2 Å². The van der Waals surface area contributed by atoms with Crippen molar-refractivity contribution in [3.63, 3.8) is 0 Å². The van der Waals surface area contributed by atoms with Gasteiger partial charge >= 0.3 is 11.9 Å². The molecule has 0 fully saturated rings. The molecule has 0 aromatic rings. The van der Waals surface area contributed by atoms with E-state index in [4.69, 9.17) is 33.1 Å². The van der Waals surface area contributed by atoms with Crippen molar-refractivity contribution in [2.24, 2.45) is 27.9 Å². The molecule has 15 nitrogen and oxygen atoms in total. The molecule has 13 N–H and O–H groups in total. The molecule has 36 heavy (non-hydrogen) atoms. The number of carbonyl (C=O) groups excluding carboxylic acids is 3. The Kier molecular flexibility index (Phi) is 16.6. The van der Waals surface area contributed by atoms with Gasteiger partial charge in [-0.2, -0.15) is 12.6 Å². The summed E-state index contributed by atoms with van der Waals surface area (Å²) in [6.07, 6.45) is 1.18. The lowest BCUT2D eigenvalue weighted by Crippen LogP contribution is -2.57. The molecule has 0 bridgehead atoms. The molecule has 0 aliphatic carbocycles. The van der Waals surface area contributed by atoms with Crippen LogP contribution in [0.1, 0.15) is 44.9 Å². The van der Waals surface area contributed by atoms with E-state index in [0.29, 0.717) is 25.8 Å². The number of carbonyl (C=O) groups is 5. The lowest BCUT2D eigenvalue weighted by Gasteiger charge is -2.25. The molecular formula is C20H38N8O7S. The average Bonchev–Trinajstić information content (AvgIpc) is 2.80. The zero-order valence-electron chi connectivity index (χ0n) is 20.0. The maximum atomic E-state index is 13.0. The highest BCUT2D eigenvalue weighted by molar-refractivity contribution is 7.80. The second kappa shape index (κ2) is 18.2. The molecule has 0 radical (unpaired) electrons. The normalized spacial score (nSPS) is 14.0.